The van der Waals surface area contributed by atoms with Crippen LogP contribution in [0.4, 0.5) is 5.69 Å². The Kier molecular flexibility index (Phi) is 3.31. The van der Waals surface area contributed by atoms with Gasteiger partial charge in [-0.15, -0.1) is 0 Å². The molecule has 0 fully saturated rings. The highest BCUT2D eigenvalue weighted by Crippen LogP contribution is 2.21. The van der Waals surface area contributed by atoms with Crippen LogP contribution in [0.25, 0.3) is 10.9 Å². The Morgan fingerprint density at radius 1 is 1.38 bits per heavy atom. The van der Waals surface area contributed by atoms with E-state index < -0.39 is 0 Å². The normalized spacial score (nSPS) is 12.2. The number of pyridine rings is 1. The second kappa shape index (κ2) is 5.28. The van der Waals surface area contributed by atoms with E-state index in [4.69, 9.17) is 5.73 Å². The summed E-state index contributed by atoms with van der Waals surface area (Å²) in [5, 5.41) is 3.84. The number of amides is 1. The van der Waals surface area contributed by atoms with Crippen LogP contribution in [0.5, 0.6) is 0 Å². The van der Waals surface area contributed by atoms with Gasteiger partial charge in [0.1, 0.15) is 0 Å². The number of fused-ring (bicyclic) bond motifs is 1. The van der Waals surface area contributed by atoms with Crippen LogP contribution in [-0.4, -0.2) is 15.9 Å². The van der Waals surface area contributed by atoms with Crippen LogP contribution in [0, 0.1) is 0 Å². The molecule has 0 saturated heterocycles. The van der Waals surface area contributed by atoms with Crippen LogP contribution in [0.3, 0.4) is 0 Å². The molecule has 0 saturated carbocycles. The summed E-state index contributed by atoms with van der Waals surface area (Å²) in [4.78, 5) is 19.5. The van der Waals surface area contributed by atoms with Gasteiger partial charge in [0.25, 0.3) is 5.91 Å². The average Bonchev–Trinajstić information content (AvgIpc) is 2.91. The van der Waals surface area contributed by atoms with Crippen molar-refractivity contribution < 1.29 is 4.79 Å². The van der Waals surface area contributed by atoms with E-state index in [0.29, 0.717) is 11.3 Å². The fourth-order valence-electron chi connectivity index (χ4n) is 2.32. The number of aromatic nitrogens is 2. The van der Waals surface area contributed by atoms with Crippen molar-refractivity contribution in [2.75, 3.05) is 5.73 Å². The van der Waals surface area contributed by atoms with E-state index in [-0.39, 0.29) is 11.9 Å². The first-order valence-electron chi connectivity index (χ1n) is 6.72. The second-order valence-electron chi connectivity index (χ2n) is 4.99. The maximum Gasteiger partial charge on any atom is 0.253 e. The molecule has 3 rings (SSSR count). The van der Waals surface area contributed by atoms with Gasteiger partial charge in [0, 0.05) is 35.2 Å². The minimum Gasteiger partial charge on any atom is -0.399 e. The van der Waals surface area contributed by atoms with Crippen molar-refractivity contribution in [1.29, 1.82) is 0 Å². The summed E-state index contributed by atoms with van der Waals surface area (Å²) in [6, 6.07) is 9.14. The van der Waals surface area contributed by atoms with E-state index in [2.05, 4.69) is 15.3 Å². The fraction of sp³-hybridized carbons (Fsp3) is 0.125. The lowest BCUT2D eigenvalue weighted by molar-refractivity contribution is 0.0941. The molecular formula is C16H16N4O. The van der Waals surface area contributed by atoms with Gasteiger partial charge in [0.05, 0.1) is 11.6 Å². The number of nitrogen functional groups attached to an aromatic ring is 1. The Hall–Kier alpha value is -2.82. The zero-order valence-electron chi connectivity index (χ0n) is 11.6. The Morgan fingerprint density at radius 2 is 2.24 bits per heavy atom. The van der Waals surface area contributed by atoms with Crippen molar-refractivity contribution in [1.82, 2.24) is 15.3 Å². The number of hydrogen-bond acceptors (Lipinski definition) is 3. The minimum absolute atomic E-state index is 0.107. The summed E-state index contributed by atoms with van der Waals surface area (Å²) in [6.07, 6.45) is 5.17. The topological polar surface area (TPSA) is 83.8 Å². The number of carbonyl (C=O) groups is 1. The van der Waals surface area contributed by atoms with Crippen LogP contribution in [-0.2, 0) is 0 Å². The third kappa shape index (κ3) is 2.58. The minimum atomic E-state index is -0.123. The predicted molar refractivity (Wildman–Crippen MR) is 82.8 cm³/mol. The molecule has 0 aliphatic carbocycles. The molecule has 2 heterocycles. The van der Waals surface area contributed by atoms with Gasteiger partial charge < -0.3 is 16.0 Å². The van der Waals surface area contributed by atoms with Gasteiger partial charge in [0.2, 0.25) is 0 Å². The number of nitrogens with zero attached hydrogens (tertiary/aromatic N) is 1. The molecule has 0 radical (unpaired) electrons. The molecule has 0 bridgehead atoms. The van der Waals surface area contributed by atoms with Crippen molar-refractivity contribution in [3.05, 3.63) is 60.0 Å². The van der Waals surface area contributed by atoms with Gasteiger partial charge in [0.15, 0.2) is 0 Å². The summed E-state index contributed by atoms with van der Waals surface area (Å²) in [5.74, 6) is -0.123. The molecular weight excluding hydrogens is 264 g/mol. The van der Waals surface area contributed by atoms with Gasteiger partial charge in [-0.1, -0.05) is 6.07 Å². The zero-order valence-corrected chi connectivity index (χ0v) is 11.6. The second-order valence-corrected chi connectivity index (χ2v) is 4.99. The molecule has 5 heteroatoms. The van der Waals surface area contributed by atoms with E-state index in [0.717, 1.165) is 16.5 Å². The number of anilines is 1. The molecule has 3 aromatic rings. The highest BCUT2D eigenvalue weighted by atomic mass is 16.1. The smallest absolute Gasteiger partial charge is 0.253 e. The van der Waals surface area contributed by atoms with Crippen LogP contribution in [0.1, 0.15) is 28.9 Å². The monoisotopic (exact) mass is 280 g/mol. The van der Waals surface area contributed by atoms with Crippen LogP contribution >= 0.6 is 0 Å². The van der Waals surface area contributed by atoms with Gasteiger partial charge >= 0.3 is 0 Å². The van der Waals surface area contributed by atoms with Crippen molar-refractivity contribution in [2.45, 2.75) is 13.0 Å². The first-order chi connectivity index (χ1) is 10.1. The molecule has 4 N–H and O–H groups in total. The summed E-state index contributed by atoms with van der Waals surface area (Å²) in [5.41, 5.74) is 8.84. The van der Waals surface area contributed by atoms with Gasteiger partial charge in [-0.2, -0.15) is 0 Å². The van der Waals surface area contributed by atoms with Gasteiger partial charge in [-0.05, 0) is 36.8 Å². The third-order valence-corrected chi connectivity index (χ3v) is 3.48. The zero-order chi connectivity index (χ0) is 14.8. The fourth-order valence-corrected chi connectivity index (χ4v) is 2.32. The number of nitrogens with two attached hydrogens (primary N) is 1. The Balaban J connectivity index is 1.84. The molecule has 5 nitrogen and oxygen atoms in total. The highest BCUT2D eigenvalue weighted by molar-refractivity contribution is 6.07. The molecule has 1 atom stereocenters. The predicted octanol–water partition coefficient (Wildman–Crippen LogP) is 2.64. The Labute approximate surface area is 122 Å². The number of H-pyrrole nitrogens is 1. The van der Waals surface area contributed by atoms with Crippen LogP contribution in [0.15, 0.2) is 48.9 Å². The van der Waals surface area contributed by atoms with E-state index in [1.165, 1.54) is 0 Å². The molecule has 1 aromatic carbocycles. The average molecular weight is 280 g/mol. The van der Waals surface area contributed by atoms with E-state index >= 15 is 0 Å². The van der Waals surface area contributed by atoms with E-state index in [1.807, 2.05) is 31.2 Å². The standard InChI is InChI=1S/C16H16N4O/c1-10(11-3-2-6-18-8-11)20-16(21)14-9-19-15-7-12(17)4-5-13(14)15/h2-10,19H,17H2,1H3,(H,20,21). The maximum absolute atomic E-state index is 12.4. The summed E-state index contributed by atoms with van der Waals surface area (Å²) in [7, 11) is 0. The SMILES string of the molecule is CC(NC(=O)c1c[nH]c2cc(N)ccc12)c1cccnc1. The van der Waals surface area contributed by atoms with Crippen molar-refractivity contribution in [2.24, 2.45) is 0 Å². The van der Waals surface area contributed by atoms with E-state index in [1.54, 1.807) is 24.7 Å². The largest absolute Gasteiger partial charge is 0.399 e. The summed E-state index contributed by atoms with van der Waals surface area (Å²) in [6.45, 7) is 1.93. The van der Waals surface area contributed by atoms with Crippen LogP contribution in [0.2, 0.25) is 0 Å². The number of nitrogens with one attached hydrogen (secondary N) is 2. The first-order valence-corrected chi connectivity index (χ1v) is 6.72. The lowest BCUT2D eigenvalue weighted by Gasteiger charge is -2.13. The molecule has 2 aromatic heterocycles. The summed E-state index contributed by atoms with van der Waals surface area (Å²) >= 11 is 0. The Bertz CT molecular complexity index is 779. The molecule has 106 valence electrons. The molecule has 0 aliphatic heterocycles. The molecule has 0 aliphatic rings. The number of rotatable bonds is 3. The van der Waals surface area contributed by atoms with Gasteiger partial charge in [-0.3, -0.25) is 9.78 Å². The number of hydrogen-bond donors (Lipinski definition) is 3. The van der Waals surface area contributed by atoms with Crippen molar-refractivity contribution in [3.63, 3.8) is 0 Å². The molecule has 1 unspecified atom stereocenters. The number of carbonyl (C=O) groups excluding carboxylic acids is 1. The number of aromatic amines is 1. The molecule has 1 amide bonds. The third-order valence-electron chi connectivity index (χ3n) is 3.48. The summed E-state index contributed by atoms with van der Waals surface area (Å²) < 4.78 is 0. The van der Waals surface area contributed by atoms with Crippen LogP contribution < -0.4 is 11.1 Å². The quantitative estimate of drug-likeness (QED) is 0.645. The molecule has 21 heavy (non-hydrogen) atoms. The van der Waals surface area contributed by atoms with Crippen molar-refractivity contribution in [3.8, 4) is 0 Å². The lowest BCUT2D eigenvalue weighted by atomic mass is 10.1. The maximum atomic E-state index is 12.4. The first kappa shape index (κ1) is 13.2. The number of benzene rings is 1. The Morgan fingerprint density at radius 3 is 3.00 bits per heavy atom. The van der Waals surface area contributed by atoms with Crippen molar-refractivity contribution >= 4 is 22.5 Å². The van der Waals surface area contributed by atoms with Gasteiger partial charge in [-0.25, -0.2) is 0 Å². The van der Waals surface area contributed by atoms with E-state index in [9.17, 15) is 4.79 Å². The lowest BCUT2D eigenvalue weighted by Crippen LogP contribution is -2.26. The highest BCUT2D eigenvalue weighted by Gasteiger charge is 2.15. The molecule has 0 spiro atoms.